The summed E-state index contributed by atoms with van der Waals surface area (Å²) in [4.78, 5) is 13.8. The third-order valence-electron chi connectivity index (χ3n) is 8.87. The molecular formula is C44H39FIrN4O-2. The van der Waals surface area contributed by atoms with Gasteiger partial charge in [-0.25, -0.2) is 0 Å². The molecule has 8 rings (SSSR count). The zero-order valence-electron chi connectivity index (χ0n) is 32.3. The topological polar surface area (TPSA) is 56.7 Å². The number of para-hydroxylation sites is 2. The maximum absolute atomic E-state index is 13.8. The number of hydrogen-bond donors (Lipinski definition) is 0. The summed E-state index contributed by atoms with van der Waals surface area (Å²) in [6, 6.07) is 32.9. The van der Waals surface area contributed by atoms with Gasteiger partial charge in [0.25, 0.3) is 0 Å². The summed E-state index contributed by atoms with van der Waals surface area (Å²) in [5.74, 6) is 0.901. The van der Waals surface area contributed by atoms with Gasteiger partial charge < -0.3 is 14.0 Å². The largest absolute Gasteiger partial charge is 0.501 e. The van der Waals surface area contributed by atoms with E-state index in [4.69, 9.17) is 13.5 Å². The minimum Gasteiger partial charge on any atom is -0.501 e. The van der Waals surface area contributed by atoms with Crippen LogP contribution in [-0.4, -0.2) is 19.5 Å². The molecule has 0 saturated heterocycles. The van der Waals surface area contributed by atoms with Gasteiger partial charge in [0.1, 0.15) is 5.58 Å². The first-order valence-electron chi connectivity index (χ1n) is 18.3. The predicted molar refractivity (Wildman–Crippen MR) is 201 cm³/mol. The van der Waals surface area contributed by atoms with Crippen LogP contribution in [0.2, 0.25) is 0 Å². The first-order chi connectivity index (χ1) is 25.3. The van der Waals surface area contributed by atoms with E-state index in [1.165, 1.54) is 22.9 Å². The van der Waals surface area contributed by atoms with Gasteiger partial charge in [-0.3, -0.25) is 14.4 Å². The van der Waals surface area contributed by atoms with Crippen molar-refractivity contribution in [2.45, 2.75) is 60.2 Å². The second kappa shape index (κ2) is 14.7. The van der Waals surface area contributed by atoms with Crippen LogP contribution in [0.1, 0.15) is 71.6 Å². The van der Waals surface area contributed by atoms with E-state index >= 15 is 0 Å². The molecule has 5 nitrogen and oxygen atoms in total. The van der Waals surface area contributed by atoms with Crippen LogP contribution < -0.4 is 0 Å². The van der Waals surface area contributed by atoms with Crippen molar-refractivity contribution < 1.29 is 33.0 Å². The Bertz CT molecular complexity index is 2580. The van der Waals surface area contributed by atoms with Crippen LogP contribution >= 0.6 is 0 Å². The number of hydrogen-bond acceptors (Lipinski definition) is 4. The van der Waals surface area contributed by atoms with Crippen LogP contribution in [0.15, 0.2) is 102 Å². The first kappa shape index (κ1) is 32.0. The van der Waals surface area contributed by atoms with Gasteiger partial charge in [-0.05, 0) is 60.2 Å². The quantitative estimate of drug-likeness (QED) is 0.162. The molecule has 0 atom stereocenters. The average molecular weight is 854 g/mol. The van der Waals surface area contributed by atoms with Crippen molar-refractivity contribution in [3.8, 4) is 28.3 Å². The summed E-state index contributed by atoms with van der Waals surface area (Å²) in [5.41, 5.74) is 10.7. The molecule has 51 heavy (non-hydrogen) atoms. The standard InChI is InChI=1S/C31H28N3O.C13H11FN.Ir/c1-18(2)21-11-8-12-22(19(3)4)29(21)34-27-16-20(5)32-17-26(27)33-31(34)25-14-9-13-24-23-10-6-7-15-28(23)35-30(24)25;1-9-3-5-11(12(14)7-9)13-6-4-10(2)8-15-13;/h6-13,15-19H,1-5H3;3-4,6-8H,1-2H3;/q2*-1;/i;1D3;. The molecule has 7 heteroatoms. The summed E-state index contributed by atoms with van der Waals surface area (Å²) in [6.45, 7) is 10.6. The fourth-order valence-corrected chi connectivity index (χ4v) is 6.38. The van der Waals surface area contributed by atoms with Gasteiger partial charge in [0.05, 0.1) is 28.6 Å². The maximum Gasteiger partial charge on any atom is 0.120 e. The molecular weight excluding hydrogens is 812 g/mol. The van der Waals surface area contributed by atoms with Crippen molar-refractivity contribution in [3.63, 3.8) is 0 Å². The number of aromatic nitrogens is 4. The number of furan rings is 1. The summed E-state index contributed by atoms with van der Waals surface area (Å²) in [7, 11) is 0. The number of imidazole rings is 1. The fourth-order valence-electron chi connectivity index (χ4n) is 6.38. The van der Waals surface area contributed by atoms with Gasteiger partial charge >= 0.3 is 0 Å². The molecule has 0 aliphatic carbocycles. The molecule has 0 aliphatic heterocycles. The summed E-state index contributed by atoms with van der Waals surface area (Å²) in [6.07, 6.45) is 3.50. The van der Waals surface area contributed by atoms with E-state index in [2.05, 4.69) is 90.8 Å². The second-order valence-corrected chi connectivity index (χ2v) is 13.2. The Morgan fingerprint density at radius 3 is 2.25 bits per heavy atom. The molecule has 0 bridgehead atoms. The molecule has 1 radical (unpaired) electrons. The van der Waals surface area contributed by atoms with Crippen LogP contribution in [0.4, 0.5) is 4.39 Å². The van der Waals surface area contributed by atoms with Crippen molar-refractivity contribution in [2.75, 3.05) is 0 Å². The summed E-state index contributed by atoms with van der Waals surface area (Å²) < 4.78 is 44.2. The Hall–Kier alpha value is -4.97. The molecule has 0 saturated carbocycles. The van der Waals surface area contributed by atoms with Crippen LogP contribution in [0, 0.1) is 38.6 Å². The van der Waals surface area contributed by atoms with Crippen molar-refractivity contribution in [1.82, 2.24) is 19.5 Å². The van der Waals surface area contributed by atoms with E-state index in [-0.39, 0.29) is 31.2 Å². The van der Waals surface area contributed by atoms with E-state index < -0.39 is 12.7 Å². The van der Waals surface area contributed by atoms with Gasteiger partial charge in [-0.2, -0.15) is 0 Å². The van der Waals surface area contributed by atoms with Crippen LogP contribution in [0.5, 0.6) is 0 Å². The van der Waals surface area contributed by atoms with E-state index in [0.29, 0.717) is 17.5 Å². The third kappa shape index (κ3) is 6.89. The Morgan fingerprint density at radius 1 is 0.804 bits per heavy atom. The fraction of sp³-hybridized carbons (Fsp3) is 0.205. The van der Waals surface area contributed by atoms with Gasteiger partial charge in [0.2, 0.25) is 0 Å². The van der Waals surface area contributed by atoms with Gasteiger partial charge in [0, 0.05) is 53.0 Å². The Labute approximate surface area is 316 Å². The minimum absolute atomic E-state index is 0. The monoisotopic (exact) mass is 854 g/mol. The summed E-state index contributed by atoms with van der Waals surface area (Å²) >= 11 is 0. The van der Waals surface area contributed by atoms with Crippen LogP contribution in [0.3, 0.4) is 0 Å². The number of aryl methyl sites for hydroxylation is 3. The number of halogens is 1. The average Bonchev–Trinajstić information content (AvgIpc) is 3.70. The number of pyridine rings is 2. The normalized spacial score (nSPS) is 12.5. The molecule has 0 unspecified atom stereocenters. The van der Waals surface area contributed by atoms with Crippen LogP contribution in [-0.2, 0) is 20.1 Å². The number of fused-ring (bicyclic) bond motifs is 4. The zero-order chi connectivity index (χ0) is 37.6. The Balaban J connectivity index is 0.000000222. The molecule has 0 amide bonds. The van der Waals surface area contributed by atoms with Gasteiger partial charge in [0.15, 0.2) is 0 Å². The van der Waals surface area contributed by atoms with E-state index in [0.717, 1.165) is 61.7 Å². The van der Waals surface area contributed by atoms with Crippen molar-refractivity contribution in [3.05, 3.63) is 143 Å². The Morgan fingerprint density at radius 2 is 1.57 bits per heavy atom. The number of nitrogens with zero attached hydrogens (tertiary/aromatic N) is 4. The van der Waals surface area contributed by atoms with E-state index in [9.17, 15) is 4.39 Å². The van der Waals surface area contributed by atoms with Crippen molar-refractivity contribution in [1.29, 1.82) is 0 Å². The third-order valence-corrected chi connectivity index (χ3v) is 8.87. The second-order valence-electron chi connectivity index (χ2n) is 13.2. The number of benzene rings is 4. The number of rotatable bonds is 5. The SMILES string of the molecule is Cc1cc2c(cn1)nc(-c1[c-]ccc3c1oc1ccccc13)n2-c1c(C(C)C)cccc1C(C)C.[2H]C([2H])([2H])c1c[c-]c(-c2ccc(C)cn2)c(F)c1.[Ir]. The smallest absolute Gasteiger partial charge is 0.120 e. The van der Waals surface area contributed by atoms with Crippen LogP contribution in [0.25, 0.3) is 61.3 Å². The van der Waals surface area contributed by atoms with Crippen molar-refractivity contribution in [2.24, 2.45) is 0 Å². The maximum atomic E-state index is 13.8. The molecule has 0 N–H and O–H groups in total. The molecule has 4 aromatic carbocycles. The molecule has 8 aromatic rings. The first-order valence-corrected chi connectivity index (χ1v) is 16.8. The van der Waals surface area contributed by atoms with Gasteiger partial charge in [-0.1, -0.05) is 99.6 Å². The molecule has 0 aliphatic rings. The molecule has 0 spiro atoms. The van der Waals surface area contributed by atoms with E-state index in [1.807, 2.05) is 50.4 Å². The Kier molecular flexibility index (Phi) is 9.22. The minimum atomic E-state index is -2.32. The summed E-state index contributed by atoms with van der Waals surface area (Å²) in [5, 5.41) is 2.17. The van der Waals surface area contributed by atoms with E-state index in [1.54, 1.807) is 12.3 Å². The van der Waals surface area contributed by atoms with Gasteiger partial charge in [-0.15, -0.1) is 42.0 Å². The zero-order valence-corrected chi connectivity index (χ0v) is 31.7. The molecule has 4 aromatic heterocycles. The van der Waals surface area contributed by atoms with Crippen molar-refractivity contribution >= 4 is 33.0 Å². The molecule has 0 fully saturated rings. The molecule has 259 valence electrons. The predicted octanol–water partition coefficient (Wildman–Crippen LogP) is 11.6. The molecule has 4 heterocycles.